The van der Waals surface area contributed by atoms with Crippen LogP contribution in [-0.2, 0) is 32.7 Å². The zero-order chi connectivity index (χ0) is 27.1. The van der Waals surface area contributed by atoms with Gasteiger partial charge in [-0.1, -0.05) is 56.7 Å². The molecule has 0 saturated heterocycles. The smallest absolute Gasteiger partial charge is 0.462 e. The Bertz CT molecular complexity index is 720. The van der Waals surface area contributed by atoms with Crippen LogP contribution in [-0.4, -0.2) is 65.7 Å². The van der Waals surface area contributed by atoms with E-state index in [0.29, 0.717) is 6.42 Å². The first kappa shape index (κ1) is 34.2. The van der Waals surface area contributed by atoms with Gasteiger partial charge in [-0.3, -0.25) is 18.6 Å². The number of hydrogen-bond acceptors (Lipinski definition) is 9. The predicted octanol–water partition coefficient (Wildman–Crippen LogP) is 4.15. The highest BCUT2D eigenvalue weighted by atomic mass is 31.2. The zero-order valence-electron chi connectivity index (χ0n) is 21.5. The standard InChI is InChI=1S/C25H43O10P/c1-3-5-6-7-8-9-10-11-12-13-14-15-16-17-25(29)35-23(20-32-24(28)4-2)21-34-36(30,31)33-19-22(27)18-26/h5-6,8-9,11-12,22-23,26-27H,3-4,7,10,13-21H2,1-2H3,(H,30,31)/b6-5-,9-8-,12-11-. The van der Waals surface area contributed by atoms with Crippen molar-refractivity contribution in [3.05, 3.63) is 36.5 Å². The van der Waals surface area contributed by atoms with Crippen molar-refractivity contribution in [3.8, 4) is 0 Å². The van der Waals surface area contributed by atoms with Gasteiger partial charge in [0.1, 0.15) is 12.7 Å². The number of hydrogen-bond donors (Lipinski definition) is 3. The number of aliphatic hydroxyl groups is 2. The van der Waals surface area contributed by atoms with Crippen molar-refractivity contribution in [3.63, 3.8) is 0 Å². The number of carbonyl (C=O) groups is 2. The third kappa shape index (κ3) is 21.5. The van der Waals surface area contributed by atoms with Gasteiger partial charge in [0.25, 0.3) is 0 Å². The number of phosphoric ester groups is 1. The van der Waals surface area contributed by atoms with Gasteiger partial charge in [-0.2, -0.15) is 0 Å². The summed E-state index contributed by atoms with van der Waals surface area (Å²) in [4.78, 5) is 33.3. The molecular weight excluding hydrogens is 491 g/mol. The maximum absolute atomic E-state index is 12.2. The number of unbranched alkanes of at least 4 members (excludes halogenated alkanes) is 3. The molecular formula is C25H43O10P. The first-order chi connectivity index (χ1) is 17.2. The molecule has 3 N–H and O–H groups in total. The molecule has 11 heteroatoms. The van der Waals surface area contributed by atoms with Crippen LogP contribution < -0.4 is 0 Å². The number of carbonyl (C=O) groups excluding carboxylic acids is 2. The molecule has 0 saturated carbocycles. The number of phosphoric acid groups is 1. The summed E-state index contributed by atoms with van der Waals surface area (Å²) in [5.74, 6) is -1.07. The molecule has 0 aliphatic carbocycles. The van der Waals surface area contributed by atoms with Gasteiger partial charge in [0.15, 0.2) is 6.10 Å². The van der Waals surface area contributed by atoms with Gasteiger partial charge in [0, 0.05) is 12.8 Å². The van der Waals surface area contributed by atoms with Crippen LogP contribution in [0.25, 0.3) is 0 Å². The molecule has 0 rings (SSSR count). The van der Waals surface area contributed by atoms with Gasteiger partial charge in [-0.15, -0.1) is 0 Å². The molecule has 0 radical (unpaired) electrons. The highest BCUT2D eigenvalue weighted by molar-refractivity contribution is 7.47. The Labute approximate surface area is 214 Å². The third-order valence-electron chi connectivity index (χ3n) is 4.61. The summed E-state index contributed by atoms with van der Waals surface area (Å²) in [7, 11) is -4.58. The topological polar surface area (TPSA) is 149 Å². The molecule has 3 unspecified atom stereocenters. The van der Waals surface area contributed by atoms with Crippen molar-refractivity contribution in [1.29, 1.82) is 0 Å². The Balaban J connectivity index is 4.30. The molecule has 0 aliphatic rings. The Morgan fingerprint density at radius 2 is 1.50 bits per heavy atom. The Kier molecular flexibility index (Phi) is 21.3. The number of rotatable bonds is 22. The van der Waals surface area contributed by atoms with Gasteiger partial charge < -0.3 is 24.6 Å². The fraction of sp³-hybridized carbons (Fsp3) is 0.680. The van der Waals surface area contributed by atoms with Crippen molar-refractivity contribution in [2.75, 3.05) is 26.4 Å². The van der Waals surface area contributed by atoms with Gasteiger partial charge >= 0.3 is 19.8 Å². The molecule has 0 spiro atoms. The van der Waals surface area contributed by atoms with Gasteiger partial charge in [-0.05, 0) is 38.5 Å². The number of esters is 2. The van der Waals surface area contributed by atoms with E-state index in [1.807, 2.05) is 0 Å². The largest absolute Gasteiger partial charge is 0.472 e. The Morgan fingerprint density at radius 3 is 2.14 bits per heavy atom. The van der Waals surface area contributed by atoms with Gasteiger partial charge in [0.2, 0.25) is 0 Å². The van der Waals surface area contributed by atoms with E-state index < -0.39 is 51.8 Å². The molecule has 208 valence electrons. The van der Waals surface area contributed by atoms with Gasteiger partial charge in [0.05, 0.1) is 19.8 Å². The minimum atomic E-state index is -4.58. The second-order valence-corrected chi connectivity index (χ2v) is 9.39. The fourth-order valence-corrected chi connectivity index (χ4v) is 3.42. The number of aliphatic hydroxyl groups excluding tert-OH is 2. The molecule has 36 heavy (non-hydrogen) atoms. The van der Waals surface area contributed by atoms with Crippen LogP contribution in [0.1, 0.15) is 71.6 Å². The van der Waals surface area contributed by atoms with E-state index in [1.54, 1.807) is 6.92 Å². The molecule has 3 atom stereocenters. The molecule has 0 heterocycles. The van der Waals surface area contributed by atoms with Crippen molar-refractivity contribution in [2.24, 2.45) is 0 Å². The van der Waals surface area contributed by atoms with Crippen LogP contribution in [0.4, 0.5) is 0 Å². The normalized spacial score (nSPS) is 15.4. The van der Waals surface area contributed by atoms with E-state index in [-0.39, 0.29) is 19.4 Å². The van der Waals surface area contributed by atoms with Crippen LogP contribution in [0.2, 0.25) is 0 Å². The summed E-state index contributed by atoms with van der Waals surface area (Å²) in [5, 5.41) is 17.9. The van der Waals surface area contributed by atoms with E-state index in [0.717, 1.165) is 38.5 Å². The predicted molar refractivity (Wildman–Crippen MR) is 136 cm³/mol. The average molecular weight is 535 g/mol. The number of allylic oxidation sites excluding steroid dienone is 6. The van der Waals surface area contributed by atoms with Crippen molar-refractivity contribution in [1.82, 2.24) is 0 Å². The third-order valence-corrected chi connectivity index (χ3v) is 5.56. The monoisotopic (exact) mass is 534 g/mol. The maximum atomic E-state index is 12.2. The van der Waals surface area contributed by atoms with E-state index in [9.17, 15) is 24.2 Å². The summed E-state index contributed by atoms with van der Waals surface area (Å²) >= 11 is 0. The van der Waals surface area contributed by atoms with Crippen molar-refractivity contribution in [2.45, 2.75) is 83.8 Å². The summed E-state index contributed by atoms with van der Waals surface area (Å²) in [6, 6.07) is 0. The Hall–Kier alpha value is -1.81. The lowest BCUT2D eigenvalue weighted by atomic mass is 10.1. The maximum Gasteiger partial charge on any atom is 0.472 e. The van der Waals surface area contributed by atoms with Crippen LogP contribution in [0, 0.1) is 0 Å². The first-order valence-electron chi connectivity index (χ1n) is 12.4. The van der Waals surface area contributed by atoms with Crippen molar-refractivity contribution >= 4 is 19.8 Å². The lowest BCUT2D eigenvalue weighted by molar-refractivity contribution is -0.161. The van der Waals surface area contributed by atoms with Crippen LogP contribution in [0.3, 0.4) is 0 Å². The van der Waals surface area contributed by atoms with Crippen LogP contribution in [0.15, 0.2) is 36.5 Å². The summed E-state index contributed by atoms with van der Waals surface area (Å²) in [6.07, 6.45) is 16.8. The average Bonchev–Trinajstić information content (AvgIpc) is 2.86. The van der Waals surface area contributed by atoms with Crippen molar-refractivity contribution < 1.29 is 47.8 Å². The SMILES string of the molecule is CC/C=C\C/C=C\C/C=C\CCCCCC(=O)OC(COC(=O)CC)COP(=O)(O)OCC(O)CO. The molecule has 0 amide bonds. The molecule has 0 aliphatic heterocycles. The highest BCUT2D eigenvalue weighted by Crippen LogP contribution is 2.43. The molecule has 0 fully saturated rings. The lowest BCUT2D eigenvalue weighted by Gasteiger charge is -2.20. The van der Waals surface area contributed by atoms with E-state index in [2.05, 4.69) is 47.9 Å². The summed E-state index contributed by atoms with van der Waals surface area (Å²) in [6.45, 7) is 1.53. The molecule has 0 bridgehead atoms. The minimum Gasteiger partial charge on any atom is -0.462 e. The second kappa shape index (κ2) is 22.4. The van der Waals surface area contributed by atoms with E-state index in [4.69, 9.17) is 19.1 Å². The van der Waals surface area contributed by atoms with Crippen LogP contribution >= 0.6 is 7.82 Å². The highest BCUT2D eigenvalue weighted by Gasteiger charge is 2.26. The zero-order valence-corrected chi connectivity index (χ0v) is 22.4. The second-order valence-electron chi connectivity index (χ2n) is 7.94. The molecule has 0 aromatic rings. The van der Waals surface area contributed by atoms with E-state index in [1.165, 1.54) is 0 Å². The quantitative estimate of drug-likeness (QED) is 0.0800. The van der Waals surface area contributed by atoms with E-state index >= 15 is 0 Å². The fourth-order valence-electron chi connectivity index (χ4n) is 2.63. The molecule has 10 nitrogen and oxygen atoms in total. The number of ether oxygens (including phenoxy) is 2. The first-order valence-corrected chi connectivity index (χ1v) is 13.9. The minimum absolute atomic E-state index is 0.114. The summed E-state index contributed by atoms with van der Waals surface area (Å²) in [5.41, 5.74) is 0. The molecule has 0 aromatic carbocycles. The lowest BCUT2D eigenvalue weighted by Crippen LogP contribution is -2.29. The van der Waals surface area contributed by atoms with Crippen LogP contribution in [0.5, 0.6) is 0 Å². The van der Waals surface area contributed by atoms with Gasteiger partial charge in [-0.25, -0.2) is 4.57 Å². The Morgan fingerprint density at radius 1 is 0.861 bits per heavy atom. The molecule has 0 aromatic heterocycles. The summed E-state index contributed by atoms with van der Waals surface area (Å²) < 4.78 is 31.4.